The molecule has 0 saturated heterocycles. The Balaban J connectivity index is 1.39. The second-order valence-electron chi connectivity index (χ2n) is 6.23. The number of nitrogens with zero attached hydrogens (tertiary/aromatic N) is 4. The summed E-state index contributed by atoms with van der Waals surface area (Å²) in [5.74, 6) is 2.45. The van der Waals surface area contributed by atoms with Crippen molar-refractivity contribution in [3.05, 3.63) is 64.1 Å². The molecule has 0 aliphatic heterocycles. The molecule has 4 nitrogen and oxygen atoms in total. The molecule has 0 atom stereocenters. The highest BCUT2D eigenvalue weighted by Gasteiger charge is 2.31. The third-order valence-electron chi connectivity index (χ3n) is 4.28. The molecule has 5 rings (SSSR count). The van der Waals surface area contributed by atoms with Crippen LogP contribution in [0.5, 0.6) is 0 Å². The lowest BCUT2D eigenvalue weighted by atomic mass is 10.3. The van der Waals surface area contributed by atoms with Gasteiger partial charge in [0.2, 0.25) is 0 Å². The molecule has 3 aromatic heterocycles. The standard InChI is InChI=1S/C19H16N4S3/c1-2-4-16(5-3-1)23-17(13-6-7-13)21-22-19(23)26-12-15-11-25-18(20-15)14-8-9-24-10-14/h1-5,8-11,13H,6-7,12H2. The third-order valence-corrected chi connectivity index (χ3v) is 6.87. The number of hydrogen-bond acceptors (Lipinski definition) is 6. The van der Waals surface area contributed by atoms with E-state index in [0.717, 1.165) is 33.1 Å². The van der Waals surface area contributed by atoms with Crippen LogP contribution in [0.2, 0.25) is 0 Å². The Bertz CT molecular complexity index is 1000. The van der Waals surface area contributed by atoms with E-state index in [2.05, 4.69) is 61.2 Å². The molecule has 3 heterocycles. The van der Waals surface area contributed by atoms with Crippen LogP contribution in [-0.2, 0) is 5.75 Å². The van der Waals surface area contributed by atoms with Gasteiger partial charge in [-0.2, -0.15) is 11.3 Å². The Morgan fingerprint density at radius 3 is 2.73 bits per heavy atom. The van der Waals surface area contributed by atoms with Gasteiger partial charge in [0.05, 0.1) is 5.69 Å². The van der Waals surface area contributed by atoms with E-state index in [0.29, 0.717) is 5.92 Å². The highest BCUT2D eigenvalue weighted by atomic mass is 32.2. The second-order valence-corrected chi connectivity index (χ2v) is 8.81. The first-order valence-corrected chi connectivity index (χ1v) is 11.3. The summed E-state index contributed by atoms with van der Waals surface area (Å²) in [6, 6.07) is 12.5. The van der Waals surface area contributed by atoms with Gasteiger partial charge in [0.1, 0.15) is 10.8 Å². The number of thiophene rings is 1. The Hall–Kier alpha value is -1.96. The van der Waals surface area contributed by atoms with Gasteiger partial charge in [0.15, 0.2) is 5.16 Å². The lowest BCUT2D eigenvalue weighted by Gasteiger charge is -2.09. The number of thioether (sulfide) groups is 1. The molecule has 0 spiro atoms. The summed E-state index contributed by atoms with van der Waals surface area (Å²) in [6.45, 7) is 0. The highest BCUT2D eigenvalue weighted by molar-refractivity contribution is 7.98. The van der Waals surface area contributed by atoms with E-state index in [1.807, 2.05) is 6.07 Å². The first-order chi connectivity index (χ1) is 12.9. The maximum atomic E-state index is 4.77. The monoisotopic (exact) mass is 396 g/mol. The van der Waals surface area contributed by atoms with E-state index in [1.165, 1.54) is 18.4 Å². The van der Waals surface area contributed by atoms with Crippen LogP contribution in [-0.4, -0.2) is 19.7 Å². The van der Waals surface area contributed by atoms with Crippen LogP contribution in [0, 0.1) is 0 Å². The zero-order valence-electron chi connectivity index (χ0n) is 13.9. The molecule has 0 bridgehead atoms. The minimum Gasteiger partial charge on any atom is -0.274 e. The largest absolute Gasteiger partial charge is 0.274 e. The van der Waals surface area contributed by atoms with Gasteiger partial charge in [-0.1, -0.05) is 30.0 Å². The molecule has 1 aliphatic rings. The predicted molar refractivity (Wildman–Crippen MR) is 108 cm³/mol. The van der Waals surface area contributed by atoms with Crippen molar-refractivity contribution in [3.8, 4) is 16.3 Å². The van der Waals surface area contributed by atoms with E-state index in [1.54, 1.807) is 34.4 Å². The van der Waals surface area contributed by atoms with Crippen LogP contribution < -0.4 is 0 Å². The van der Waals surface area contributed by atoms with Crippen molar-refractivity contribution >= 4 is 34.4 Å². The summed E-state index contributed by atoms with van der Waals surface area (Å²) in [4.78, 5) is 4.77. The van der Waals surface area contributed by atoms with Crippen molar-refractivity contribution in [1.29, 1.82) is 0 Å². The molecule has 1 saturated carbocycles. The van der Waals surface area contributed by atoms with Gasteiger partial charge in [-0.15, -0.1) is 21.5 Å². The average Bonchev–Trinajstić information content (AvgIpc) is 3.08. The summed E-state index contributed by atoms with van der Waals surface area (Å²) in [5.41, 5.74) is 3.44. The van der Waals surface area contributed by atoms with E-state index >= 15 is 0 Å². The SMILES string of the molecule is c1ccc(-n2c(SCc3csc(-c4ccsc4)n3)nnc2C2CC2)cc1. The fourth-order valence-corrected chi connectivity index (χ4v) is 5.32. The third kappa shape index (κ3) is 3.22. The number of para-hydroxylation sites is 1. The number of rotatable bonds is 6. The molecule has 26 heavy (non-hydrogen) atoms. The van der Waals surface area contributed by atoms with Gasteiger partial charge >= 0.3 is 0 Å². The molecular formula is C19H16N4S3. The van der Waals surface area contributed by atoms with Gasteiger partial charge in [-0.25, -0.2) is 4.98 Å². The lowest BCUT2D eigenvalue weighted by molar-refractivity contribution is 0.829. The van der Waals surface area contributed by atoms with E-state index in [9.17, 15) is 0 Å². The summed E-state index contributed by atoms with van der Waals surface area (Å²) >= 11 is 5.11. The van der Waals surface area contributed by atoms with Gasteiger partial charge in [0, 0.05) is 33.7 Å². The number of thiazole rings is 1. The zero-order valence-corrected chi connectivity index (χ0v) is 16.4. The number of hydrogen-bond donors (Lipinski definition) is 0. The summed E-state index contributed by atoms with van der Waals surface area (Å²) in [6.07, 6.45) is 2.43. The molecule has 1 aromatic carbocycles. The van der Waals surface area contributed by atoms with Gasteiger partial charge < -0.3 is 0 Å². The van der Waals surface area contributed by atoms with Crippen LogP contribution in [0.25, 0.3) is 16.3 Å². The van der Waals surface area contributed by atoms with Gasteiger partial charge in [-0.3, -0.25) is 4.57 Å². The molecule has 1 aliphatic carbocycles. The first kappa shape index (κ1) is 16.2. The molecule has 130 valence electrons. The Morgan fingerprint density at radius 1 is 1.08 bits per heavy atom. The zero-order chi connectivity index (χ0) is 17.3. The predicted octanol–water partition coefficient (Wildman–Crippen LogP) is 5.62. The molecule has 0 N–H and O–H groups in total. The smallest absolute Gasteiger partial charge is 0.196 e. The Labute approximate surface area is 164 Å². The average molecular weight is 397 g/mol. The van der Waals surface area contributed by atoms with E-state index in [-0.39, 0.29) is 0 Å². The maximum Gasteiger partial charge on any atom is 0.196 e. The minimum atomic E-state index is 0.557. The van der Waals surface area contributed by atoms with Crippen molar-refractivity contribution in [2.45, 2.75) is 29.7 Å². The summed E-state index contributed by atoms with van der Waals surface area (Å²) in [5, 5.41) is 17.4. The quantitative estimate of drug-likeness (QED) is 0.397. The first-order valence-electron chi connectivity index (χ1n) is 8.49. The molecule has 7 heteroatoms. The highest BCUT2D eigenvalue weighted by Crippen LogP contribution is 2.41. The molecule has 1 fully saturated rings. The molecule has 0 radical (unpaired) electrons. The van der Waals surface area contributed by atoms with Crippen LogP contribution in [0.3, 0.4) is 0 Å². The Morgan fingerprint density at radius 2 is 1.96 bits per heavy atom. The van der Waals surface area contributed by atoms with Crippen molar-refractivity contribution in [2.75, 3.05) is 0 Å². The molecular weight excluding hydrogens is 380 g/mol. The van der Waals surface area contributed by atoms with Crippen LogP contribution in [0.15, 0.2) is 57.7 Å². The van der Waals surface area contributed by atoms with Crippen LogP contribution in [0.1, 0.15) is 30.3 Å². The molecule has 4 aromatic rings. The van der Waals surface area contributed by atoms with Crippen molar-refractivity contribution in [2.24, 2.45) is 0 Å². The van der Waals surface area contributed by atoms with E-state index in [4.69, 9.17) is 4.98 Å². The molecule has 0 amide bonds. The fraction of sp³-hybridized carbons (Fsp3) is 0.211. The van der Waals surface area contributed by atoms with Crippen LogP contribution in [0.4, 0.5) is 0 Å². The summed E-state index contributed by atoms with van der Waals surface area (Å²) in [7, 11) is 0. The lowest BCUT2D eigenvalue weighted by Crippen LogP contribution is -2.01. The van der Waals surface area contributed by atoms with Crippen molar-refractivity contribution < 1.29 is 0 Å². The van der Waals surface area contributed by atoms with E-state index < -0.39 is 0 Å². The maximum absolute atomic E-state index is 4.77. The normalized spacial score (nSPS) is 14.0. The van der Waals surface area contributed by atoms with Crippen molar-refractivity contribution in [3.63, 3.8) is 0 Å². The van der Waals surface area contributed by atoms with Gasteiger partial charge in [-0.05, 0) is 36.4 Å². The van der Waals surface area contributed by atoms with Crippen molar-refractivity contribution in [1.82, 2.24) is 19.7 Å². The Kier molecular flexibility index (Phi) is 4.36. The minimum absolute atomic E-state index is 0.557. The molecule has 0 unspecified atom stereocenters. The van der Waals surface area contributed by atoms with Crippen LogP contribution >= 0.6 is 34.4 Å². The number of aromatic nitrogens is 4. The summed E-state index contributed by atoms with van der Waals surface area (Å²) < 4.78 is 2.22. The second kappa shape index (κ2) is 6.98. The fourth-order valence-electron chi connectivity index (χ4n) is 2.83. The number of benzene rings is 1. The van der Waals surface area contributed by atoms with Gasteiger partial charge in [0.25, 0.3) is 0 Å². The topological polar surface area (TPSA) is 43.6 Å².